The summed E-state index contributed by atoms with van der Waals surface area (Å²) in [4.78, 5) is 19.9. The number of para-hydroxylation sites is 1. The lowest BCUT2D eigenvalue weighted by atomic mass is 9.96. The van der Waals surface area contributed by atoms with E-state index in [0.717, 1.165) is 39.1 Å². The summed E-state index contributed by atoms with van der Waals surface area (Å²) >= 11 is 5.83. The number of nitrogens with one attached hydrogen (secondary N) is 2. The van der Waals surface area contributed by atoms with E-state index in [9.17, 15) is 9.18 Å². The highest BCUT2D eigenvalue weighted by Gasteiger charge is 2.41. The van der Waals surface area contributed by atoms with E-state index in [1.807, 2.05) is 85.1 Å². The molecule has 1 fully saturated rings. The molecular weight excluding hydrogens is 533 g/mol. The minimum Gasteiger partial charge on any atom is -0.352 e. The third-order valence-corrected chi connectivity index (χ3v) is 8.08. The topological polar surface area (TPSA) is 62.2 Å². The Morgan fingerprint density at radius 2 is 1.76 bits per heavy atom. The molecule has 2 atom stereocenters. The Balaban J connectivity index is 1.32. The number of hydrogen-bond acceptors (Lipinski definition) is 3. The van der Waals surface area contributed by atoms with Crippen molar-refractivity contribution >= 4 is 39.7 Å². The van der Waals surface area contributed by atoms with Gasteiger partial charge in [-0.2, -0.15) is 0 Å². The molecule has 1 amide bonds. The van der Waals surface area contributed by atoms with Gasteiger partial charge in [-0.1, -0.05) is 54.6 Å². The van der Waals surface area contributed by atoms with Crippen LogP contribution in [0.2, 0.25) is 0 Å². The van der Waals surface area contributed by atoms with Gasteiger partial charge in [0.2, 0.25) is 5.91 Å². The van der Waals surface area contributed by atoms with E-state index < -0.39 is 0 Å². The standard InChI is InChI=1S/C33H30FN5OS/c1-21-20-25(22(2)39(21)29-16-6-5-13-26(29)34)32-31(28-14-7-8-18-35-28)37-33(41)38(32)19-17-30(40)36-27-15-9-11-23-10-3-4-12-24(23)27/h3-16,18,20,31-32H,17,19H2,1-2H3,(H,36,40)(H,37,41). The molecule has 3 aromatic carbocycles. The first kappa shape index (κ1) is 26.7. The number of thiocarbonyl (C=S) groups is 1. The number of nitrogens with zero attached hydrogens (tertiary/aromatic N) is 3. The molecule has 2 N–H and O–H groups in total. The molecule has 0 aliphatic carbocycles. The van der Waals surface area contributed by atoms with Gasteiger partial charge in [0.1, 0.15) is 5.82 Å². The average Bonchev–Trinajstić information content (AvgIpc) is 3.47. The molecular formula is C33H30FN5OS. The van der Waals surface area contributed by atoms with Gasteiger partial charge in [0, 0.05) is 41.6 Å². The van der Waals surface area contributed by atoms with Crippen LogP contribution in [0.3, 0.4) is 0 Å². The van der Waals surface area contributed by atoms with Crippen LogP contribution >= 0.6 is 12.2 Å². The van der Waals surface area contributed by atoms with Crippen molar-refractivity contribution in [3.63, 3.8) is 0 Å². The maximum atomic E-state index is 14.9. The molecule has 1 saturated heterocycles. The zero-order chi connectivity index (χ0) is 28.5. The lowest BCUT2D eigenvalue weighted by molar-refractivity contribution is -0.116. The third-order valence-electron chi connectivity index (χ3n) is 7.72. The van der Waals surface area contributed by atoms with Gasteiger partial charge in [-0.3, -0.25) is 9.78 Å². The van der Waals surface area contributed by atoms with Crippen molar-refractivity contribution in [2.45, 2.75) is 32.4 Å². The molecule has 1 aliphatic rings. The van der Waals surface area contributed by atoms with Crippen molar-refractivity contribution in [2.75, 3.05) is 11.9 Å². The predicted molar refractivity (Wildman–Crippen MR) is 165 cm³/mol. The van der Waals surface area contributed by atoms with E-state index >= 15 is 0 Å². The lowest BCUT2D eigenvalue weighted by Crippen LogP contribution is -2.33. The zero-order valence-electron chi connectivity index (χ0n) is 22.8. The second kappa shape index (κ2) is 11.1. The minimum atomic E-state index is -0.288. The van der Waals surface area contributed by atoms with Crippen LogP contribution in [0.25, 0.3) is 16.5 Å². The van der Waals surface area contributed by atoms with Gasteiger partial charge in [0.25, 0.3) is 0 Å². The highest BCUT2D eigenvalue weighted by molar-refractivity contribution is 7.80. The van der Waals surface area contributed by atoms with E-state index in [-0.39, 0.29) is 30.2 Å². The van der Waals surface area contributed by atoms with Crippen molar-refractivity contribution in [2.24, 2.45) is 0 Å². The Morgan fingerprint density at radius 1 is 1.00 bits per heavy atom. The summed E-state index contributed by atoms with van der Waals surface area (Å²) in [6.07, 6.45) is 2.00. The molecule has 0 bridgehead atoms. The number of halogens is 1. The SMILES string of the molecule is Cc1cc(C2C(c3ccccn3)NC(=S)N2CCC(=O)Nc2cccc3ccccc23)c(C)n1-c1ccccc1F. The number of carbonyl (C=O) groups is 1. The zero-order valence-corrected chi connectivity index (χ0v) is 23.7. The number of carbonyl (C=O) groups excluding carboxylic acids is 1. The number of aromatic nitrogens is 2. The summed E-state index contributed by atoms with van der Waals surface area (Å²) in [5.41, 5.74) is 4.95. The van der Waals surface area contributed by atoms with Gasteiger partial charge in [-0.25, -0.2) is 4.39 Å². The van der Waals surface area contributed by atoms with E-state index in [1.165, 1.54) is 6.07 Å². The van der Waals surface area contributed by atoms with E-state index in [2.05, 4.69) is 26.6 Å². The Kier molecular flexibility index (Phi) is 7.24. The van der Waals surface area contributed by atoms with Crippen LogP contribution < -0.4 is 10.6 Å². The molecule has 0 spiro atoms. The minimum absolute atomic E-state index is 0.0963. The lowest BCUT2D eigenvalue weighted by Gasteiger charge is -2.28. The summed E-state index contributed by atoms with van der Waals surface area (Å²) < 4.78 is 16.8. The van der Waals surface area contributed by atoms with Crippen LogP contribution in [-0.4, -0.2) is 32.0 Å². The largest absolute Gasteiger partial charge is 0.352 e. The fourth-order valence-electron chi connectivity index (χ4n) is 5.84. The number of benzene rings is 3. The monoisotopic (exact) mass is 563 g/mol. The molecule has 2 aromatic heterocycles. The van der Waals surface area contributed by atoms with Gasteiger partial charge >= 0.3 is 0 Å². The van der Waals surface area contributed by atoms with Gasteiger partial charge < -0.3 is 20.1 Å². The van der Waals surface area contributed by atoms with E-state index in [4.69, 9.17) is 12.2 Å². The van der Waals surface area contributed by atoms with Crippen LogP contribution in [0.15, 0.2) is 97.2 Å². The summed E-state index contributed by atoms with van der Waals surface area (Å²) in [6, 6.07) is 28.0. The van der Waals surface area contributed by atoms with Crippen LogP contribution in [0.1, 0.15) is 41.1 Å². The Morgan fingerprint density at radius 3 is 2.56 bits per heavy atom. The summed E-state index contributed by atoms with van der Waals surface area (Å²) in [6.45, 7) is 4.37. The molecule has 2 unspecified atom stereocenters. The first-order chi connectivity index (χ1) is 19.9. The number of anilines is 1. The first-order valence-electron chi connectivity index (χ1n) is 13.6. The quantitative estimate of drug-likeness (QED) is 0.214. The number of aryl methyl sites for hydroxylation is 1. The van der Waals surface area contributed by atoms with Crippen molar-refractivity contribution in [3.8, 4) is 5.69 Å². The van der Waals surface area contributed by atoms with Crippen LogP contribution in [-0.2, 0) is 4.79 Å². The highest BCUT2D eigenvalue weighted by Crippen LogP contribution is 2.41. The molecule has 206 valence electrons. The predicted octanol–water partition coefficient (Wildman–Crippen LogP) is 6.78. The Labute approximate surface area is 243 Å². The van der Waals surface area contributed by atoms with E-state index in [0.29, 0.717) is 17.3 Å². The van der Waals surface area contributed by atoms with E-state index in [1.54, 1.807) is 18.3 Å². The molecule has 1 aliphatic heterocycles. The fraction of sp³-hybridized carbons (Fsp3) is 0.182. The molecule has 8 heteroatoms. The Bertz CT molecular complexity index is 1750. The first-order valence-corrected chi connectivity index (χ1v) is 14.0. The molecule has 3 heterocycles. The number of fused-ring (bicyclic) bond motifs is 1. The van der Waals surface area contributed by atoms with Crippen LogP contribution in [0, 0.1) is 19.7 Å². The van der Waals surface area contributed by atoms with Crippen LogP contribution in [0.5, 0.6) is 0 Å². The smallest absolute Gasteiger partial charge is 0.226 e. The second-order valence-electron chi connectivity index (χ2n) is 10.3. The fourth-order valence-corrected chi connectivity index (χ4v) is 6.18. The van der Waals surface area contributed by atoms with Crippen LogP contribution in [0.4, 0.5) is 10.1 Å². The summed E-state index contributed by atoms with van der Waals surface area (Å²) in [5, 5.41) is 9.16. The van der Waals surface area contributed by atoms with Crippen molar-refractivity contribution in [1.82, 2.24) is 19.8 Å². The normalized spacial score (nSPS) is 16.7. The number of hydrogen-bond donors (Lipinski definition) is 2. The second-order valence-corrected chi connectivity index (χ2v) is 10.6. The molecule has 5 aromatic rings. The average molecular weight is 564 g/mol. The third kappa shape index (κ3) is 5.07. The number of rotatable bonds is 7. The summed E-state index contributed by atoms with van der Waals surface area (Å²) in [7, 11) is 0. The molecule has 0 radical (unpaired) electrons. The molecule has 0 saturated carbocycles. The van der Waals surface area contributed by atoms with Gasteiger partial charge in [0.15, 0.2) is 5.11 Å². The van der Waals surface area contributed by atoms with Gasteiger partial charge in [0.05, 0.1) is 23.5 Å². The number of pyridine rings is 1. The van der Waals surface area contributed by atoms with Crippen molar-refractivity contribution < 1.29 is 9.18 Å². The highest BCUT2D eigenvalue weighted by atomic mass is 32.1. The van der Waals surface area contributed by atoms with Crippen molar-refractivity contribution in [3.05, 3.63) is 126 Å². The summed E-state index contributed by atoms with van der Waals surface area (Å²) in [5.74, 6) is -0.384. The van der Waals surface area contributed by atoms with Gasteiger partial charge in [-0.05, 0) is 73.4 Å². The Hall–Kier alpha value is -4.56. The van der Waals surface area contributed by atoms with Gasteiger partial charge in [-0.15, -0.1) is 0 Å². The van der Waals surface area contributed by atoms with Crippen molar-refractivity contribution in [1.29, 1.82) is 0 Å². The molecule has 6 nitrogen and oxygen atoms in total. The number of amides is 1. The maximum absolute atomic E-state index is 14.9. The molecule has 6 rings (SSSR count). The maximum Gasteiger partial charge on any atom is 0.226 e. The molecule has 41 heavy (non-hydrogen) atoms.